The molecular weight excluding hydrogens is 503 g/mol. The number of furan rings is 1. The van der Waals surface area contributed by atoms with Crippen LogP contribution in [0.4, 0.5) is 25.1 Å². The Labute approximate surface area is 216 Å². The highest BCUT2D eigenvalue weighted by Crippen LogP contribution is 2.35. The molecule has 1 amide bonds. The van der Waals surface area contributed by atoms with Crippen molar-refractivity contribution >= 4 is 23.6 Å². The monoisotopic (exact) mass is 533 g/mol. The molecule has 3 saturated heterocycles. The molecule has 6 heterocycles. The molecule has 11 nitrogen and oxygen atoms in total. The van der Waals surface area contributed by atoms with Crippen molar-refractivity contribution in [2.45, 2.75) is 44.3 Å². The molecule has 0 spiro atoms. The zero-order chi connectivity index (χ0) is 26.4. The van der Waals surface area contributed by atoms with Crippen LogP contribution in [0.2, 0.25) is 0 Å². The van der Waals surface area contributed by atoms with Crippen molar-refractivity contribution in [1.82, 2.24) is 34.4 Å². The summed E-state index contributed by atoms with van der Waals surface area (Å²) in [6, 6.07) is 3.12. The summed E-state index contributed by atoms with van der Waals surface area (Å²) in [5.74, 6) is 0.827. The lowest BCUT2D eigenvalue weighted by atomic mass is 9.92. The van der Waals surface area contributed by atoms with Gasteiger partial charge in [0.1, 0.15) is 6.04 Å². The van der Waals surface area contributed by atoms with Crippen molar-refractivity contribution in [3.63, 3.8) is 0 Å². The molecule has 0 aliphatic carbocycles. The first kappa shape index (κ1) is 24.9. The third-order valence-electron chi connectivity index (χ3n) is 8.02. The average molecular weight is 534 g/mol. The van der Waals surface area contributed by atoms with Gasteiger partial charge < -0.3 is 24.9 Å². The zero-order valence-electron chi connectivity index (χ0n) is 20.8. The van der Waals surface area contributed by atoms with E-state index in [9.17, 15) is 18.0 Å². The van der Waals surface area contributed by atoms with Crippen LogP contribution in [0.5, 0.6) is 0 Å². The van der Waals surface area contributed by atoms with E-state index in [1.54, 1.807) is 12.1 Å². The molecular formula is C24H30F3N9O2. The molecule has 14 heteroatoms. The Morgan fingerprint density at radius 3 is 2.42 bits per heavy atom. The van der Waals surface area contributed by atoms with Crippen LogP contribution < -0.4 is 10.6 Å². The van der Waals surface area contributed by atoms with E-state index in [4.69, 9.17) is 10.2 Å². The number of rotatable bonds is 5. The van der Waals surface area contributed by atoms with E-state index in [-0.39, 0.29) is 36.5 Å². The molecule has 204 valence electrons. The van der Waals surface area contributed by atoms with Gasteiger partial charge in [0.05, 0.1) is 12.2 Å². The fourth-order valence-electron chi connectivity index (χ4n) is 5.67. The number of hydrogen-bond donors (Lipinski definition) is 1. The number of nitrogens with two attached hydrogens (primary N) is 1. The van der Waals surface area contributed by atoms with Crippen molar-refractivity contribution in [1.29, 1.82) is 0 Å². The number of anilines is 2. The molecule has 1 atom stereocenters. The van der Waals surface area contributed by atoms with Gasteiger partial charge in [-0.2, -0.15) is 32.6 Å². The smallest absolute Gasteiger partial charge is 0.391 e. The minimum absolute atomic E-state index is 0.0421. The van der Waals surface area contributed by atoms with E-state index in [0.717, 1.165) is 19.4 Å². The summed E-state index contributed by atoms with van der Waals surface area (Å²) in [4.78, 5) is 32.5. The van der Waals surface area contributed by atoms with Gasteiger partial charge in [0, 0.05) is 26.2 Å². The first-order valence-electron chi connectivity index (χ1n) is 13.0. The summed E-state index contributed by atoms with van der Waals surface area (Å²) >= 11 is 0. The molecule has 3 aromatic heterocycles. The van der Waals surface area contributed by atoms with Gasteiger partial charge in [-0.25, -0.2) is 0 Å². The molecule has 3 aliphatic heterocycles. The normalized spacial score (nSPS) is 22.2. The van der Waals surface area contributed by atoms with E-state index in [0.29, 0.717) is 62.6 Å². The number of fused-ring (bicyclic) bond motifs is 1. The molecule has 0 saturated carbocycles. The van der Waals surface area contributed by atoms with E-state index in [1.165, 1.54) is 10.8 Å². The quantitative estimate of drug-likeness (QED) is 0.527. The van der Waals surface area contributed by atoms with Crippen molar-refractivity contribution in [3.05, 3.63) is 18.4 Å². The van der Waals surface area contributed by atoms with Crippen LogP contribution in [-0.4, -0.2) is 91.8 Å². The lowest BCUT2D eigenvalue weighted by molar-refractivity contribution is -0.185. The van der Waals surface area contributed by atoms with Crippen LogP contribution >= 0.6 is 0 Å². The number of carbonyl (C=O) groups excluding carboxylic acids is 1. The Hall–Kier alpha value is -3.42. The van der Waals surface area contributed by atoms with Crippen molar-refractivity contribution in [2.24, 2.45) is 11.8 Å². The van der Waals surface area contributed by atoms with Gasteiger partial charge in [-0.3, -0.25) is 4.79 Å². The maximum atomic E-state index is 13.3. The molecule has 6 rings (SSSR count). The zero-order valence-corrected chi connectivity index (χ0v) is 20.8. The van der Waals surface area contributed by atoms with Gasteiger partial charge in [-0.05, 0) is 63.2 Å². The highest BCUT2D eigenvalue weighted by molar-refractivity contribution is 5.86. The van der Waals surface area contributed by atoms with Gasteiger partial charge in [-0.15, -0.1) is 5.10 Å². The van der Waals surface area contributed by atoms with Gasteiger partial charge in [0.2, 0.25) is 23.6 Å². The van der Waals surface area contributed by atoms with Crippen LogP contribution in [0.25, 0.3) is 17.4 Å². The Morgan fingerprint density at radius 1 is 1.03 bits per heavy atom. The highest BCUT2D eigenvalue weighted by atomic mass is 19.4. The van der Waals surface area contributed by atoms with Crippen molar-refractivity contribution in [2.75, 3.05) is 49.9 Å². The third kappa shape index (κ3) is 4.76. The van der Waals surface area contributed by atoms with Crippen LogP contribution in [0, 0.1) is 11.8 Å². The number of piperidine rings is 2. The van der Waals surface area contributed by atoms with E-state index in [2.05, 4.69) is 25.0 Å². The summed E-state index contributed by atoms with van der Waals surface area (Å²) in [5.41, 5.74) is 6.12. The molecule has 2 N–H and O–H groups in total. The van der Waals surface area contributed by atoms with Crippen LogP contribution in [0.3, 0.4) is 0 Å². The lowest BCUT2D eigenvalue weighted by Crippen LogP contribution is -2.59. The van der Waals surface area contributed by atoms with Gasteiger partial charge in [0.25, 0.3) is 5.78 Å². The summed E-state index contributed by atoms with van der Waals surface area (Å²) in [5, 5.41) is 4.30. The van der Waals surface area contributed by atoms with Gasteiger partial charge >= 0.3 is 6.18 Å². The number of halogens is 3. The largest absolute Gasteiger partial charge is 0.461 e. The number of hydrogen-bond acceptors (Lipinski definition) is 9. The number of likely N-dealkylation sites (tertiary alicyclic amines) is 2. The summed E-state index contributed by atoms with van der Waals surface area (Å²) in [6.07, 6.45) is 0.191. The number of amides is 1. The Balaban J connectivity index is 1.04. The molecule has 0 radical (unpaired) electrons. The molecule has 38 heavy (non-hydrogen) atoms. The standard InChI is InChI=1S/C24H30F3N9O2/c25-24(26,27)16-5-8-33(9-6-16)14-15-3-10-34(11-4-15)20(37)17-7-12-35(17)22-30-21(28)36-23(31-22)29-19(32-36)18-2-1-13-38-18/h1-2,13,15-17H,3-12,14H2,(H2,28,29,30,31,32)/t17-/m0/s1. The molecule has 0 bridgehead atoms. The fraction of sp³-hybridized carbons (Fsp3) is 0.625. The second kappa shape index (κ2) is 9.71. The SMILES string of the molecule is Nc1nc(N2CC[C@H]2C(=O)N2CCC(CN3CCC(C(F)(F)F)CC3)CC2)nc2nc(-c3ccco3)nn12. The first-order valence-corrected chi connectivity index (χ1v) is 13.0. The van der Waals surface area contributed by atoms with Crippen LogP contribution in [-0.2, 0) is 4.79 Å². The maximum Gasteiger partial charge on any atom is 0.391 e. The van der Waals surface area contributed by atoms with Gasteiger partial charge in [-0.1, -0.05) is 0 Å². The maximum absolute atomic E-state index is 13.3. The number of nitrogen functional groups attached to an aromatic ring is 1. The number of carbonyl (C=O) groups is 1. The number of alkyl halides is 3. The summed E-state index contributed by atoms with van der Waals surface area (Å²) in [7, 11) is 0. The topological polar surface area (TPSA) is 122 Å². The number of nitrogens with zero attached hydrogens (tertiary/aromatic N) is 8. The Kier molecular flexibility index (Phi) is 6.36. The highest BCUT2D eigenvalue weighted by Gasteiger charge is 2.42. The lowest BCUT2D eigenvalue weighted by Gasteiger charge is -2.44. The van der Waals surface area contributed by atoms with E-state index in [1.807, 2.05) is 9.80 Å². The Bertz CT molecular complexity index is 1280. The number of aromatic nitrogens is 5. The first-order chi connectivity index (χ1) is 18.3. The van der Waals surface area contributed by atoms with Crippen molar-refractivity contribution < 1.29 is 22.4 Å². The van der Waals surface area contributed by atoms with Gasteiger partial charge in [0.15, 0.2) is 5.76 Å². The Morgan fingerprint density at radius 2 is 1.79 bits per heavy atom. The molecule has 0 unspecified atom stereocenters. The molecule has 3 aromatic rings. The van der Waals surface area contributed by atoms with E-state index < -0.39 is 12.1 Å². The minimum atomic E-state index is -4.09. The molecule has 3 fully saturated rings. The third-order valence-corrected chi connectivity index (χ3v) is 8.02. The second-order valence-corrected chi connectivity index (χ2v) is 10.4. The predicted molar refractivity (Wildman–Crippen MR) is 131 cm³/mol. The van der Waals surface area contributed by atoms with Crippen LogP contribution in [0.1, 0.15) is 32.1 Å². The fourth-order valence-corrected chi connectivity index (χ4v) is 5.67. The summed E-state index contributed by atoms with van der Waals surface area (Å²) < 4.78 is 45.5. The van der Waals surface area contributed by atoms with Crippen molar-refractivity contribution in [3.8, 4) is 11.6 Å². The minimum Gasteiger partial charge on any atom is -0.461 e. The van der Waals surface area contributed by atoms with Crippen LogP contribution in [0.15, 0.2) is 22.8 Å². The van der Waals surface area contributed by atoms with E-state index >= 15 is 0 Å². The molecule has 0 aromatic carbocycles. The predicted octanol–water partition coefficient (Wildman–Crippen LogP) is 2.45. The summed E-state index contributed by atoms with van der Waals surface area (Å²) in [6.45, 7) is 3.70. The second-order valence-electron chi connectivity index (χ2n) is 10.4. The average Bonchev–Trinajstić information content (AvgIpc) is 3.54. The molecule has 3 aliphatic rings.